The van der Waals surface area contributed by atoms with Gasteiger partial charge in [-0.25, -0.2) is 9.38 Å². The zero-order valence-corrected chi connectivity index (χ0v) is 17.2. The van der Waals surface area contributed by atoms with Gasteiger partial charge in [0.1, 0.15) is 5.82 Å². The van der Waals surface area contributed by atoms with Gasteiger partial charge >= 0.3 is 0 Å². The Hall–Kier alpha value is -2.89. The topological polar surface area (TPSA) is 56.7 Å². The maximum Gasteiger partial charge on any atom is 0.253 e. The number of benzene rings is 2. The van der Waals surface area contributed by atoms with Crippen molar-refractivity contribution in [2.24, 2.45) is 4.99 Å². The second-order valence-electron chi connectivity index (χ2n) is 6.97. The molecule has 0 spiro atoms. The molecule has 1 unspecified atom stereocenters. The van der Waals surface area contributed by atoms with Gasteiger partial charge in [0.15, 0.2) is 5.96 Å². The number of rotatable bonds is 6. The van der Waals surface area contributed by atoms with Crippen molar-refractivity contribution in [2.75, 3.05) is 20.6 Å². The number of carbonyl (C=O) groups excluding carboxylic acids is 1. The predicted molar refractivity (Wildman–Crippen MR) is 112 cm³/mol. The highest BCUT2D eigenvalue weighted by atomic mass is 19.1. The summed E-state index contributed by atoms with van der Waals surface area (Å²) in [6, 6.07) is 12.6. The number of aryl methyl sites for hydroxylation is 1. The molecule has 0 aromatic heterocycles. The van der Waals surface area contributed by atoms with Crippen molar-refractivity contribution in [1.29, 1.82) is 0 Å². The Labute approximate surface area is 166 Å². The first-order valence-electron chi connectivity index (χ1n) is 9.43. The monoisotopic (exact) mass is 384 g/mol. The van der Waals surface area contributed by atoms with Crippen molar-refractivity contribution in [3.05, 3.63) is 70.5 Å². The summed E-state index contributed by atoms with van der Waals surface area (Å²) in [7, 11) is 3.46. The number of amides is 1. The molecule has 0 heterocycles. The van der Waals surface area contributed by atoms with E-state index >= 15 is 0 Å². The normalized spacial score (nSPS) is 12.4. The minimum absolute atomic E-state index is 0.0239. The Morgan fingerprint density at radius 3 is 2.43 bits per heavy atom. The molecule has 0 aliphatic rings. The molecule has 0 saturated heterocycles. The van der Waals surface area contributed by atoms with Crippen LogP contribution in [-0.2, 0) is 6.54 Å². The lowest BCUT2D eigenvalue weighted by atomic mass is 10.1. The Morgan fingerprint density at radius 2 is 1.86 bits per heavy atom. The Kier molecular flexibility index (Phi) is 7.55. The van der Waals surface area contributed by atoms with Gasteiger partial charge in [0.25, 0.3) is 5.91 Å². The Balaban J connectivity index is 2.07. The average Bonchev–Trinajstić information content (AvgIpc) is 2.68. The zero-order chi connectivity index (χ0) is 20.7. The Morgan fingerprint density at radius 1 is 1.18 bits per heavy atom. The number of aliphatic imine (C=N–C) groups is 1. The minimum atomic E-state index is -0.208. The van der Waals surface area contributed by atoms with Gasteiger partial charge in [0.2, 0.25) is 0 Å². The van der Waals surface area contributed by atoms with E-state index in [1.165, 1.54) is 0 Å². The molecular formula is C22H29FN4O. The van der Waals surface area contributed by atoms with Crippen LogP contribution in [0.3, 0.4) is 0 Å². The van der Waals surface area contributed by atoms with Crippen molar-refractivity contribution in [2.45, 2.75) is 33.4 Å². The SMILES string of the molecule is CCNC(=NCc1ccc(C(=O)N(C)C)cc1)NC(C)c1ccc(C)c(F)c1. The van der Waals surface area contributed by atoms with E-state index in [2.05, 4.69) is 15.6 Å². The molecule has 6 heteroatoms. The predicted octanol–water partition coefficient (Wildman–Crippen LogP) is 3.65. The molecule has 0 fully saturated rings. The highest BCUT2D eigenvalue weighted by molar-refractivity contribution is 5.93. The molecule has 0 aliphatic heterocycles. The van der Waals surface area contributed by atoms with Crippen molar-refractivity contribution < 1.29 is 9.18 Å². The van der Waals surface area contributed by atoms with Crippen LogP contribution in [0.2, 0.25) is 0 Å². The molecule has 2 rings (SSSR count). The number of nitrogens with zero attached hydrogens (tertiary/aromatic N) is 2. The molecule has 5 nitrogen and oxygen atoms in total. The van der Waals surface area contributed by atoms with E-state index in [4.69, 9.17) is 0 Å². The van der Waals surface area contributed by atoms with Gasteiger partial charge in [-0.15, -0.1) is 0 Å². The first-order chi connectivity index (χ1) is 13.3. The highest BCUT2D eigenvalue weighted by Gasteiger charge is 2.10. The second kappa shape index (κ2) is 9.88. The maximum absolute atomic E-state index is 13.8. The van der Waals surface area contributed by atoms with Gasteiger partial charge in [-0.2, -0.15) is 0 Å². The zero-order valence-electron chi connectivity index (χ0n) is 17.2. The smallest absolute Gasteiger partial charge is 0.253 e. The summed E-state index contributed by atoms with van der Waals surface area (Å²) < 4.78 is 13.8. The van der Waals surface area contributed by atoms with Crippen LogP contribution in [0.5, 0.6) is 0 Å². The van der Waals surface area contributed by atoms with Crippen LogP contribution in [0.15, 0.2) is 47.5 Å². The molecule has 150 valence electrons. The van der Waals surface area contributed by atoms with Crippen molar-refractivity contribution in [3.63, 3.8) is 0 Å². The van der Waals surface area contributed by atoms with E-state index in [-0.39, 0.29) is 17.8 Å². The van der Waals surface area contributed by atoms with Gasteiger partial charge in [0, 0.05) is 26.2 Å². The fourth-order valence-corrected chi connectivity index (χ4v) is 2.67. The van der Waals surface area contributed by atoms with Gasteiger partial charge < -0.3 is 15.5 Å². The molecule has 0 bridgehead atoms. The summed E-state index contributed by atoms with van der Waals surface area (Å²) in [5.74, 6) is 0.425. The van der Waals surface area contributed by atoms with Crippen LogP contribution in [0, 0.1) is 12.7 Å². The van der Waals surface area contributed by atoms with Gasteiger partial charge in [-0.1, -0.05) is 24.3 Å². The fraction of sp³-hybridized carbons (Fsp3) is 0.364. The van der Waals surface area contributed by atoms with E-state index in [1.807, 2.05) is 44.2 Å². The summed E-state index contributed by atoms with van der Waals surface area (Å²) in [5.41, 5.74) is 3.15. The molecule has 0 aliphatic carbocycles. The van der Waals surface area contributed by atoms with Gasteiger partial charge in [0.05, 0.1) is 12.6 Å². The van der Waals surface area contributed by atoms with Gasteiger partial charge in [-0.3, -0.25) is 4.79 Å². The number of hydrogen-bond acceptors (Lipinski definition) is 2. The van der Waals surface area contributed by atoms with Crippen LogP contribution in [0.25, 0.3) is 0 Å². The van der Waals surface area contributed by atoms with Crippen LogP contribution in [-0.4, -0.2) is 37.4 Å². The quantitative estimate of drug-likeness (QED) is 0.590. The molecule has 0 saturated carbocycles. The summed E-state index contributed by atoms with van der Waals surface area (Å²) in [6.45, 7) is 6.91. The molecule has 2 N–H and O–H groups in total. The van der Waals surface area contributed by atoms with Crippen LogP contribution < -0.4 is 10.6 Å². The highest BCUT2D eigenvalue weighted by Crippen LogP contribution is 2.16. The molecule has 2 aromatic carbocycles. The third kappa shape index (κ3) is 5.81. The fourth-order valence-electron chi connectivity index (χ4n) is 2.67. The molecule has 2 aromatic rings. The number of guanidine groups is 1. The molecule has 0 radical (unpaired) electrons. The Bertz CT molecular complexity index is 831. The first-order valence-corrected chi connectivity index (χ1v) is 9.43. The summed E-state index contributed by atoms with van der Waals surface area (Å²) in [5, 5.41) is 6.52. The molecule has 1 amide bonds. The van der Waals surface area contributed by atoms with Crippen molar-refractivity contribution in [1.82, 2.24) is 15.5 Å². The van der Waals surface area contributed by atoms with Crippen molar-refractivity contribution >= 4 is 11.9 Å². The van der Waals surface area contributed by atoms with E-state index in [0.29, 0.717) is 23.6 Å². The van der Waals surface area contributed by atoms with E-state index in [9.17, 15) is 9.18 Å². The number of halogens is 1. The molecular weight excluding hydrogens is 355 g/mol. The summed E-state index contributed by atoms with van der Waals surface area (Å²) >= 11 is 0. The lowest BCUT2D eigenvalue weighted by Crippen LogP contribution is -2.38. The van der Waals surface area contributed by atoms with E-state index in [1.54, 1.807) is 38.1 Å². The lowest BCUT2D eigenvalue weighted by Gasteiger charge is -2.18. The molecule has 1 atom stereocenters. The van der Waals surface area contributed by atoms with Crippen LogP contribution in [0.1, 0.15) is 46.9 Å². The van der Waals surface area contributed by atoms with Crippen molar-refractivity contribution in [3.8, 4) is 0 Å². The summed E-state index contributed by atoms with van der Waals surface area (Å²) in [4.78, 5) is 18.1. The minimum Gasteiger partial charge on any atom is -0.357 e. The average molecular weight is 384 g/mol. The summed E-state index contributed by atoms with van der Waals surface area (Å²) in [6.07, 6.45) is 0. The third-order valence-electron chi connectivity index (χ3n) is 4.42. The number of nitrogens with one attached hydrogen (secondary N) is 2. The maximum atomic E-state index is 13.8. The standard InChI is InChI=1S/C22H29FN4O/c1-6-24-22(26-16(3)19-10-7-15(2)20(23)13-19)25-14-17-8-11-18(12-9-17)21(28)27(4)5/h7-13,16H,6,14H2,1-5H3,(H2,24,25,26). The van der Waals surface area contributed by atoms with E-state index in [0.717, 1.165) is 17.7 Å². The van der Waals surface area contributed by atoms with E-state index < -0.39 is 0 Å². The third-order valence-corrected chi connectivity index (χ3v) is 4.42. The van der Waals surface area contributed by atoms with Crippen LogP contribution in [0.4, 0.5) is 4.39 Å². The number of hydrogen-bond donors (Lipinski definition) is 2. The van der Waals surface area contributed by atoms with Crippen LogP contribution >= 0.6 is 0 Å². The molecule has 28 heavy (non-hydrogen) atoms. The van der Waals surface area contributed by atoms with Gasteiger partial charge in [-0.05, 0) is 55.7 Å². The first kappa shape index (κ1) is 21.4. The second-order valence-corrected chi connectivity index (χ2v) is 6.97. The largest absolute Gasteiger partial charge is 0.357 e. The lowest BCUT2D eigenvalue weighted by molar-refractivity contribution is 0.0827. The number of carbonyl (C=O) groups is 1.